The highest BCUT2D eigenvalue weighted by atomic mass is 16.2. The number of nitrogens with one attached hydrogen (secondary N) is 1. The number of pyridine rings is 1. The predicted octanol–water partition coefficient (Wildman–Crippen LogP) is 1.55. The topological polar surface area (TPSA) is 66.7 Å². The van der Waals surface area contributed by atoms with Gasteiger partial charge in [-0.3, -0.25) is 14.0 Å². The Hall–Kier alpha value is -2.21. The van der Waals surface area contributed by atoms with Crippen molar-refractivity contribution in [1.29, 1.82) is 0 Å². The molecule has 1 aliphatic rings. The van der Waals surface area contributed by atoms with Gasteiger partial charge < -0.3 is 10.2 Å². The lowest BCUT2D eigenvalue weighted by Gasteiger charge is -2.30. The van der Waals surface area contributed by atoms with E-state index in [2.05, 4.69) is 22.1 Å². The Morgan fingerprint density at radius 2 is 2.12 bits per heavy atom. The van der Waals surface area contributed by atoms with Crippen molar-refractivity contribution in [2.24, 2.45) is 5.92 Å². The van der Waals surface area contributed by atoms with Crippen LogP contribution in [0.4, 0.5) is 0 Å². The first-order chi connectivity index (χ1) is 11.6. The van der Waals surface area contributed by atoms with Gasteiger partial charge >= 0.3 is 0 Å². The molecule has 24 heavy (non-hydrogen) atoms. The van der Waals surface area contributed by atoms with Crippen LogP contribution in [-0.4, -0.2) is 46.4 Å². The zero-order valence-corrected chi connectivity index (χ0v) is 14.1. The van der Waals surface area contributed by atoms with E-state index in [1.807, 2.05) is 6.07 Å². The van der Waals surface area contributed by atoms with Gasteiger partial charge in [-0.1, -0.05) is 13.0 Å². The van der Waals surface area contributed by atoms with E-state index in [4.69, 9.17) is 0 Å². The van der Waals surface area contributed by atoms with Crippen LogP contribution >= 0.6 is 0 Å². The van der Waals surface area contributed by atoms with Crippen molar-refractivity contribution < 1.29 is 4.79 Å². The fourth-order valence-corrected chi connectivity index (χ4v) is 3.07. The van der Waals surface area contributed by atoms with Crippen LogP contribution < -0.4 is 10.9 Å². The molecule has 2 aromatic heterocycles. The minimum absolute atomic E-state index is 0.0884. The molecule has 1 aliphatic heterocycles. The smallest absolute Gasteiger partial charge is 0.270 e. The first-order valence-corrected chi connectivity index (χ1v) is 8.62. The molecule has 0 saturated carbocycles. The first kappa shape index (κ1) is 16.6. The standard InChI is InChI=1S/C18H24N4O2/c1-14-6-11-21(12-7-14)9-4-8-19-17(23)15-13-20-16-5-2-3-10-22(16)18(15)24/h2-3,5,10,13-14H,4,6-9,11-12H2,1H3,(H,19,23). The molecule has 2 aromatic rings. The van der Waals surface area contributed by atoms with E-state index < -0.39 is 0 Å². The van der Waals surface area contributed by atoms with Gasteiger partial charge in [-0.15, -0.1) is 0 Å². The van der Waals surface area contributed by atoms with Gasteiger partial charge in [0, 0.05) is 18.9 Å². The second-order valence-electron chi connectivity index (χ2n) is 6.54. The highest BCUT2D eigenvalue weighted by Gasteiger charge is 2.16. The Labute approximate surface area is 141 Å². The van der Waals surface area contributed by atoms with Crippen LogP contribution in [0.1, 0.15) is 36.5 Å². The summed E-state index contributed by atoms with van der Waals surface area (Å²) in [5.74, 6) is 0.479. The molecular formula is C18H24N4O2. The van der Waals surface area contributed by atoms with Gasteiger partial charge in [0.25, 0.3) is 11.5 Å². The molecule has 1 amide bonds. The number of hydrogen-bond donors (Lipinski definition) is 1. The number of nitrogens with zero attached hydrogens (tertiary/aromatic N) is 3. The van der Waals surface area contributed by atoms with Crippen molar-refractivity contribution in [3.8, 4) is 0 Å². The van der Waals surface area contributed by atoms with Crippen LogP contribution in [-0.2, 0) is 0 Å². The molecular weight excluding hydrogens is 304 g/mol. The number of hydrogen-bond acceptors (Lipinski definition) is 4. The van der Waals surface area contributed by atoms with Crippen LogP contribution in [0.15, 0.2) is 35.4 Å². The van der Waals surface area contributed by atoms with Crippen LogP contribution in [0.2, 0.25) is 0 Å². The summed E-state index contributed by atoms with van der Waals surface area (Å²) < 4.78 is 1.39. The van der Waals surface area contributed by atoms with Gasteiger partial charge in [0.05, 0.1) is 0 Å². The average Bonchev–Trinajstić information content (AvgIpc) is 2.60. The molecule has 1 fully saturated rings. The fraction of sp³-hybridized carbons (Fsp3) is 0.500. The minimum atomic E-state index is -0.349. The summed E-state index contributed by atoms with van der Waals surface area (Å²) in [6, 6.07) is 5.29. The van der Waals surface area contributed by atoms with Crippen molar-refractivity contribution in [2.75, 3.05) is 26.2 Å². The van der Waals surface area contributed by atoms with Crippen LogP contribution in [0, 0.1) is 5.92 Å². The highest BCUT2D eigenvalue weighted by molar-refractivity contribution is 5.93. The molecule has 0 unspecified atom stereocenters. The third-order valence-electron chi connectivity index (χ3n) is 4.67. The third kappa shape index (κ3) is 3.82. The van der Waals surface area contributed by atoms with Crippen molar-refractivity contribution >= 4 is 11.6 Å². The molecule has 1 saturated heterocycles. The molecule has 0 spiro atoms. The SMILES string of the molecule is CC1CCN(CCCNC(=O)c2cnc3ccccn3c2=O)CC1. The lowest BCUT2D eigenvalue weighted by molar-refractivity contribution is 0.0948. The van der Waals surface area contributed by atoms with Gasteiger partial charge in [0.15, 0.2) is 0 Å². The van der Waals surface area contributed by atoms with Crippen LogP contribution in [0.3, 0.4) is 0 Å². The van der Waals surface area contributed by atoms with Gasteiger partial charge in [0.1, 0.15) is 11.2 Å². The fourth-order valence-electron chi connectivity index (χ4n) is 3.07. The summed E-state index contributed by atoms with van der Waals surface area (Å²) in [4.78, 5) is 31.2. The first-order valence-electron chi connectivity index (χ1n) is 8.62. The van der Waals surface area contributed by atoms with Crippen molar-refractivity contribution in [3.63, 3.8) is 0 Å². The maximum atomic E-state index is 12.3. The number of likely N-dealkylation sites (tertiary alicyclic amines) is 1. The number of aromatic nitrogens is 2. The second kappa shape index (κ2) is 7.57. The number of carbonyl (C=O) groups is 1. The number of piperidine rings is 1. The third-order valence-corrected chi connectivity index (χ3v) is 4.67. The highest BCUT2D eigenvalue weighted by Crippen LogP contribution is 2.15. The summed E-state index contributed by atoms with van der Waals surface area (Å²) in [5, 5.41) is 2.83. The zero-order valence-electron chi connectivity index (χ0n) is 14.1. The summed E-state index contributed by atoms with van der Waals surface area (Å²) in [5.41, 5.74) is 0.298. The van der Waals surface area contributed by atoms with E-state index in [1.165, 1.54) is 23.4 Å². The Bertz CT molecular complexity index is 763. The molecule has 128 valence electrons. The van der Waals surface area contributed by atoms with Crippen molar-refractivity contribution in [1.82, 2.24) is 19.6 Å². The predicted molar refractivity (Wildman–Crippen MR) is 93.3 cm³/mol. The number of fused-ring (bicyclic) bond motifs is 1. The minimum Gasteiger partial charge on any atom is -0.352 e. The maximum Gasteiger partial charge on any atom is 0.270 e. The lowest BCUT2D eigenvalue weighted by atomic mass is 9.99. The van der Waals surface area contributed by atoms with Crippen molar-refractivity contribution in [2.45, 2.75) is 26.2 Å². The van der Waals surface area contributed by atoms with Gasteiger partial charge in [-0.25, -0.2) is 4.98 Å². The van der Waals surface area contributed by atoms with E-state index in [0.717, 1.165) is 32.0 Å². The largest absolute Gasteiger partial charge is 0.352 e. The zero-order chi connectivity index (χ0) is 16.9. The Morgan fingerprint density at radius 1 is 1.33 bits per heavy atom. The number of amides is 1. The lowest BCUT2D eigenvalue weighted by Crippen LogP contribution is -2.36. The Kier molecular flexibility index (Phi) is 5.25. The summed E-state index contributed by atoms with van der Waals surface area (Å²) >= 11 is 0. The Balaban J connectivity index is 1.52. The molecule has 3 rings (SSSR count). The van der Waals surface area contributed by atoms with E-state index >= 15 is 0 Å². The van der Waals surface area contributed by atoms with E-state index in [9.17, 15) is 9.59 Å². The molecule has 0 aromatic carbocycles. The van der Waals surface area contributed by atoms with Crippen molar-refractivity contribution in [3.05, 3.63) is 46.5 Å². The van der Waals surface area contributed by atoms with Crippen LogP contribution in [0.25, 0.3) is 5.65 Å². The molecule has 6 nitrogen and oxygen atoms in total. The molecule has 0 bridgehead atoms. The van der Waals surface area contributed by atoms with E-state index in [1.54, 1.807) is 18.3 Å². The second-order valence-corrected chi connectivity index (χ2v) is 6.54. The van der Waals surface area contributed by atoms with E-state index in [-0.39, 0.29) is 17.0 Å². The molecule has 3 heterocycles. The molecule has 0 atom stereocenters. The molecule has 1 N–H and O–H groups in total. The van der Waals surface area contributed by atoms with E-state index in [0.29, 0.717) is 12.2 Å². The molecule has 0 radical (unpaired) electrons. The Morgan fingerprint density at radius 3 is 2.92 bits per heavy atom. The maximum absolute atomic E-state index is 12.3. The van der Waals surface area contributed by atoms with Gasteiger partial charge in [0.2, 0.25) is 0 Å². The average molecular weight is 328 g/mol. The quantitative estimate of drug-likeness (QED) is 0.846. The summed E-state index contributed by atoms with van der Waals surface area (Å²) in [7, 11) is 0. The molecule has 6 heteroatoms. The summed E-state index contributed by atoms with van der Waals surface area (Å²) in [6.07, 6.45) is 6.39. The van der Waals surface area contributed by atoms with Gasteiger partial charge in [-0.2, -0.15) is 0 Å². The monoisotopic (exact) mass is 328 g/mol. The molecule has 0 aliphatic carbocycles. The number of carbonyl (C=O) groups excluding carboxylic acids is 1. The normalized spacial score (nSPS) is 16.4. The summed E-state index contributed by atoms with van der Waals surface area (Å²) in [6.45, 7) is 6.15. The van der Waals surface area contributed by atoms with Crippen LogP contribution in [0.5, 0.6) is 0 Å². The number of rotatable bonds is 5. The van der Waals surface area contributed by atoms with Gasteiger partial charge in [-0.05, 0) is 56.9 Å².